The molecule has 7 nitrogen and oxygen atoms in total. The number of aryl methyl sites for hydroxylation is 1. The van der Waals surface area contributed by atoms with Crippen LogP contribution in [0.1, 0.15) is 5.56 Å². The fourth-order valence-corrected chi connectivity index (χ4v) is 2.25. The van der Waals surface area contributed by atoms with E-state index in [0.29, 0.717) is 24.4 Å². The maximum Gasteiger partial charge on any atom is 0.269 e. The number of carbonyl (C=O) groups is 1. The summed E-state index contributed by atoms with van der Waals surface area (Å²) in [6.07, 6.45) is 0. The van der Waals surface area contributed by atoms with Crippen LogP contribution in [-0.4, -0.2) is 42.5 Å². The number of amides is 1. The van der Waals surface area contributed by atoms with Crippen molar-refractivity contribution in [3.05, 3.63) is 64.2 Å². The molecule has 0 aliphatic heterocycles. The van der Waals surface area contributed by atoms with Gasteiger partial charge in [0, 0.05) is 24.4 Å². The van der Waals surface area contributed by atoms with Crippen molar-refractivity contribution in [3.63, 3.8) is 0 Å². The smallest absolute Gasteiger partial charge is 0.269 e. The zero-order valence-corrected chi connectivity index (χ0v) is 14.3. The van der Waals surface area contributed by atoms with Crippen LogP contribution in [0, 0.1) is 17.0 Å². The number of hydrogen-bond donors (Lipinski definition) is 1. The van der Waals surface area contributed by atoms with Crippen LogP contribution in [0.5, 0.6) is 5.75 Å². The molecule has 0 bridgehead atoms. The minimum absolute atomic E-state index is 0.00526. The van der Waals surface area contributed by atoms with E-state index in [-0.39, 0.29) is 18.1 Å². The number of nitrogens with one attached hydrogen (secondary N) is 1. The molecule has 25 heavy (non-hydrogen) atoms. The van der Waals surface area contributed by atoms with Crippen LogP contribution < -0.4 is 10.1 Å². The molecule has 0 radical (unpaired) electrons. The van der Waals surface area contributed by atoms with E-state index in [1.165, 1.54) is 12.1 Å². The topological polar surface area (TPSA) is 84.7 Å². The summed E-state index contributed by atoms with van der Waals surface area (Å²) in [5, 5.41) is 13.5. The van der Waals surface area contributed by atoms with E-state index in [9.17, 15) is 14.9 Å². The quantitative estimate of drug-likeness (QED) is 0.588. The van der Waals surface area contributed by atoms with Gasteiger partial charge in [0.2, 0.25) is 5.91 Å². The van der Waals surface area contributed by atoms with Crippen molar-refractivity contribution in [3.8, 4) is 5.75 Å². The molecule has 2 aromatic carbocycles. The number of hydrogen-bond acceptors (Lipinski definition) is 5. The first kappa shape index (κ1) is 18.4. The van der Waals surface area contributed by atoms with Gasteiger partial charge in [0.1, 0.15) is 12.4 Å². The lowest BCUT2D eigenvalue weighted by molar-refractivity contribution is -0.384. The van der Waals surface area contributed by atoms with Gasteiger partial charge in [0.15, 0.2) is 0 Å². The second kappa shape index (κ2) is 8.79. The predicted octanol–water partition coefficient (Wildman–Crippen LogP) is 2.85. The first-order valence-electron chi connectivity index (χ1n) is 7.87. The second-order valence-corrected chi connectivity index (χ2v) is 5.70. The van der Waals surface area contributed by atoms with Crippen LogP contribution in [0.3, 0.4) is 0 Å². The van der Waals surface area contributed by atoms with E-state index in [2.05, 4.69) is 5.32 Å². The Balaban J connectivity index is 1.78. The van der Waals surface area contributed by atoms with Crippen LogP contribution in [0.25, 0.3) is 0 Å². The maximum atomic E-state index is 12.1. The van der Waals surface area contributed by atoms with Gasteiger partial charge in [-0.3, -0.25) is 19.8 Å². The number of nitrogens with zero attached hydrogens (tertiary/aromatic N) is 2. The molecular weight excluding hydrogens is 322 g/mol. The number of ether oxygens (including phenoxy) is 1. The van der Waals surface area contributed by atoms with Gasteiger partial charge >= 0.3 is 0 Å². The highest BCUT2D eigenvalue weighted by atomic mass is 16.6. The Bertz CT molecular complexity index is 734. The van der Waals surface area contributed by atoms with E-state index < -0.39 is 4.92 Å². The molecule has 0 atom stereocenters. The lowest BCUT2D eigenvalue weighted by Gasteiger charge is -2.17. The summed E-state index contributed by atoms with van der Waals surface area (Å²) in [4.78, 5) is 24.2. The molecule has 2 rings (SSSR count). The third kappa shape index (κ3) is 5.89. The summed E-state index contributed by atoms with van der Waals surface area (Å²) in [6, 6.07) is 13.8. The third-order valence-electron chi connectivity index (χ3n) is 3.59. The molecule has 7 heteroatoms. The number of likely N-dealkylation sites (N-methyl/N-ethyl adjacent to an activating group) is 1. The van der Waals surface area contributed by atoms with Gasteiger partial charge < -0.3 is 10.1 Å². The Hall–Kier alpha value is -2.93. The van der Waals surface area contributed by atoms with Crippen molar-refractivity contribution in [2.75, 3.05) is 32.1 Å². The first-order valence-corrected chi connectivity index (χ1v) is 7.87. The SMILES string of the molecule is Cc1cc([N+](=O)[O-])ccc1NC(=O)CN(C)CCOc1ccccc1. The highest BCUT2D eigenvalue weighted by Gasteiger charge is 2.11. The molecular formula is C18H21N3O4. The molecule has 1 N–H and O–H groups in total. The minimum atomic E-state index is -0.459. The number of nitro benzene ring substituents is 1. The number of anilines is 1. The molecule has 0 saturated heterocycles. The third-order valence-corrected chi connectivity index (χ3v) is 3.59. The van der Waals surface area contributed by atoms with Crippen molar-refractivity contribution in [2.45, 2.75) is 6.92 Å². The summed E-state index contributed by atoms with van der Waals surface area (Å²) in [5.41, 5.74) is 1.23. The minimum Gasteiger partial charge on any atom is -0.492 e. The number of non-ortho nitro benzene ring substituents is 1. The Morgan fingerprint density at radius 3 is 2.60 bits per heavy atom. The number of para-hydroxylation sites is 1. The summed E-state index contributed by atoms with van der Waals surface area (Å²) >= 11 is 0. The summed E-state index contributed by atoms with van der Waals surface area (Å²) in [5.74, 6) is 0.612. The fraction of sp³-hybridized carbons (Fsp3) is 0.278. The summed E-state index contributed by atoms with van der Waals surface area (Å²) in [6.45, 7) is 3.00. The van der Waals surface area contributed by atoms with Crippen molar-refractivity contribution < 1.29 is 14.5 Å². The lowest BCUT2D eigenvalue weighted by atomic mass is 10.2. The molecule has 0 unspecified atom stereocenters. The van der Waals surface area contributed by atoms with Crippen LogP contribution in [0.4, 0.5) is 11.4 Å². The van der Waals surface area contributed by atoms with Crippen LogP contribution in [0.2, 0.25) is 0 Å². The molecule has 2 aromatic rings. The Morgan fingerprint density at radius 1 is 1.24 bits per heavy atom. The van der Waals surface area contributed by atoms with E-state index in [4.69, 9.17) is 4.74 Å². The van der Waals surface area contributed by atoms with Gasteiger partial charge in [0.05, 0.1) is 11.5 Å². The Labute approximate surface area is 146 Å². The number of rotatable bonds is 8. The van der Waals surface area contributed by atoms with Crippen molar-refractivity contribution in [1.29, 1.82) is 0 Å². The average Bonchev–Trinajstić information content (AvgIpc) is 2.57. The van der Waals surface area contributed by atoms with Crippen LogP contribution in [-0.2, 0) is 4.79 Å². The van der Waals surface area contributed by atoms with Crippen molar-refractivity contribution >= 4 is 17.3 Å². The molecule has 0 spiro atoms. The molecule has 0 heterocycles. The molecule has 0 aromatic heterocycles. The van der Waals surface area contributed by atoms with E-state index in [1.807, 2.05) is 42.3 Å². The Morgan fingerprint density at radius 2 is 1.96 bits per heavy atom. The van der Waals surface area contributed by atoms with Crippen LogP contribution in [0.15, 0.2) is 48.5 Å². The zero-order chi connectivity index (χ0) is 18.2. The van der Waals surface area contributed by atoms with Gasteiger partial charge in [0.25, 0.3) is 5.69 Å². The molecule has 1 amide bonds. The van der Waals surface area contributed by atoms with Crippen LogP contribution >= 0.6 is 0 Å². The first-order chi connectivity index (χ1) is 12.0. The van der Waals surface area contributed by atoms with Gasteiger partial charge in [-0.1, -0.05) is 18.2 Å². The molecule has 0 saturated carbocycles. The van der Waals surface area contributed by atoms with Gasteiger partial charge in [-0.15, -0.1) is 0 Å². The monoisotopic (exact) mass is 343 g/mol. The zero-order valence-electron chi connectivity index (χ0n) is 14.3. The number of benzene rings is 2. The largest absolute Gasteiger partial charge is 0.492 e. The molecule has 0 fully saturated rings. The molecule has 0 aliphatic carbocycles. The average molecular weight is 343 g/mol. The summed E-state index contributed by atoms with van der Waals surface area (Å²) < 4.78 is 5.59. The highest BCUT2D eigenvalue weighted by molar-refractivity contribution is 5.93. The highest BCUT2D eigenvalue weighted by Crippen LogP contribution is 2.21. The Kier molecular flexibility index (Phi) is 6.47. The lowest BCUT2D eigenvalue weighted by Crippen LogP contribution is -2.33. The normalized spacial score (nSPS) is 10.5. The molecule has 0 aliphatic rings. The fourth-order valence-electron chi connectivity index (χ4n) is 2.25. The van der Waals surface area contributed by atoms with E-state index in [0.717, 1.165) is 5.75 Å². The van der Waals surface area contributed by atoms with Crippen molar-refractivity contribution in [1.82, 2.24) is 4.90 Å². The van der Waals surface area contributed by atoms with Gasteiger partial charge in [-0.05, 0) is 37.7 Å². The standard InChI is InChI=1S/C18H21N3O4/c1-14-12-15(21(23)24)8-9-17(14)19-18(22)13-20(2)10-11-25-16-6-4-3-5-7-16/h3-9,12H,10-11,13H2,1-2H3,(H,19,22). The second-order valence-electron chi connectivity index (χ2n) is 5.70. The van der Waals surface area contributed by atoms with E-state index >= 15 is 0 Å². The molecule has 132 valence electrons. The van der Waals surface area contributed by atoms with E-state index in [1.54, 1.807) is 13.0 Å². The van der Waals surface area contributed by atoms with Crippen molar-refractivity contribution in [2.24, 2.45) is 0 Å². The number of nitro groups is 1. The number of carbonyl (C=O) groups excluding carboxylic acids is 1. The summed E-state index contributed by atoms with van der Waals surface area (Å²) in [7, 11) is 1.83. The van der Waals surface area contributed by atoms with Gasteiger partial charge in [-0.2, -0.15) is 0 Å². The van der Waals surface area contributed by atoms with Gasteiger partial charge in [-0.25, -0.2) is 0 Å². The predicted molar refractivity (Wildman–Crippen MR) is 95.9 cm³/mol. The maximum absolute atomic E-state index is 12.1.